The Kier molecular flexibility index (Phi) is 10.6. The molecule has 2 atom stereocenters. The first-order valence-electron chi connectivity index (χ1n) is 15.8. The van der Waals surface area contributed by atoms with E-state index in [-0.39, 0.29) is 32.0 Å². The second kappa shape index (κ2) is 13.4. The first kappa shape index (κ1) is 31.7. The Morgan fingerprint density at radius 1 is 0.775 bits per heavy atom. The molecule has 2 nitrogen and oxygen atoms in total. The van der Waals surface area contributed by atoms with Gasteiger partial charge in [0, 0.05) is 5.57 Å². The minimum Gasteiger partial charge on any atom is -0.430 e. The fourth-order valence-electron chi connectivity index (χ4n) is 7.61. The number of hydrogen-bond acceptors (Lipinski definition) is 2. The van der Waals surface area contributed by atoms with E-state index in [0.717, 1.165) is 49.5 Å². The summed E-state index contributed by atoms with van der Waals surface area (Å²) in [5, 5.41) is 0. The van der Waals surface area contributed by atoms with Crippen LogP contribution in [-0.4, -0.2) is 30.7 Å². The van der Waals surface area contributed by atoms with Crippen LogP contribution in [0.25, 0.3) is 0 Å². The van der Waals surface area contributed by atoms with E-state index in [9.17, 15) is 26.3 Å². The van der Waals surface area contributed by atoms with Crippen LogP contribution in [0.5, 0.6) is 0 Å². The average molecular weight is 579 g/mol. The summed E-state index contributed by atoms with van der Waals surface area (Å²) < 4.78 is 97.9. The Morgan fingerprint density at radius 3 is 1.98 bits per heavy atom. The van der Waals surface area contributed by atoms with E-state index in [0.29, 0.717) is 18.4 Å². The summed E-state index contributed by atoms with van der Waals surface area (Å²) in [7, 11) is 0. The largest absolute Gasteiger partial charge is 0.430 e. The third-order valence-corrected chi connectivity index (χ3v) is 10.2. The van der Waals surface area contributed by atoms with E-state index in [4.69, 9.17) is 4.74 Å². The first-order chi connectivity index (χ1) is 19.0. The molecule has 2 unspecified atom stereocenters. The lowest BCUT2D eigenvalue weighted by molar-refractivity contribution is -0.297. The van der Waals surface area contributed by atoms with Gasteiger partial charge in [-0.25, -0.2) is 0 Å². The maximum atomic E-state index is 14.9. The van der Waals surface area contributed by atoms with Gasteiger partial charge in [0.25, 0.3) is 0 Å². The van der Waals surface area contributed by atoms with Crippen molar-refractivity contribution in [2.45, 2.75) is 141 Å². The van der Waals surface area contributed by atoms with Gasteiger partial charge in [-0.2, -0.15) is 26.3 Å². The summed E-state index contributed by atoms with van der Waals surface area (Å²) in [5.74, 6) is -9.76. The van der Waals surface area contributed by atoms with Gasteiger partial charge in [0.2, 0.25) is 0 Å². The van der Waals surface area contributed by atoms with E-state index < -0.39 is 35.2 Å². The third-order valence-electron chi connectivity index (χ3n) is 10.2. The Hall–Kier alpha value is -1.18. The molecule has 40 heavy (non-hydrogen) atoms. The average Bonchev–Trinajstić information content (AvgIpc) is 2.94. The summed E-state index contributed by atoms with van der Waals surface area (Å²) in [5.41, 5.74) is -0.774. The molecule has 0 bridgehead atoms. The maximum Gasteiger partial charge on any atom is 0.402 e. The van der Waals surface area contributed by atoms with E-state index in [2.05, 4.69) is 11.7 Å². The van der Waals surface area contributed by atoms with Gasteiger partial charge < -0.3 is 9.47 Å². The van der Waals surface area contributed by atoms with Crippen LogP contribution in [0.4, 0.5) is 26.3 Å². The lowest BCUT2D eigenvalue weighted by atomic mass is 9.67. The normalized spacial score (nSPS) is 34.6. The van der Waals surface area contributed by atoms with Crippen molar-refractivity contribution < 1.29 is 35.8 Å². The quantitative estimate of drug-likeness (QED) is 0.179. The second-order valence-corrected chi connectivity index (χ2v) is 12.9. The Bertz CT molecular complexity index is 861. The molecule has 1 saturated heterocycles. The molecule has 1 heterocycles. The molecule has 2 saturated carbocycles. The molecule has 8 heteroatoms. The van der Waals surface area contributed by atoms with Gasteiger partial charge in [-0.3, -0.25) is 0 Å². The first-order valence-corrected chi connectivity index (χ1v) is 15.8. The van der Waals surface area contributed by atoms with Gasteiger partial charge in [0.15, 0.2) is 5.76 Å². The van der Waals surface area contributed by atoms with Crippen molar-refractivity contribution in [2.24, 2.45) is 29.6 Å². The molecule has 0 aromatic rings. The van der Waals surface area contributed by atoms with Crippen molar-refractivity contribution in [3.8, 4) is 0 Å². The molecular weight excluding hydrogens is 530 g/mol. The molecule has 4 rings (SSSR count). The standard InChI is InChI=1S/C32H48F6O2/c1-3-5-6-8-22-9-11-23(12-10-22)24-13-15-25(16-14-24)28-19-17-27(21-39-28)32(37,38)40-29-20-18-26(7-4-2)30(33,34)31(29,35)36/h18,20,22-25,27-28H,3-17,19,21H2,1-2H3. The lowest BCUT2D eigenvalue weighted by Crippen LogP contribution is -2.49. The van der Waals surface area contributed by atoms with Crippen LogP contribution in [0.15, 0.2) is 23.5 Å². The van der Waals surface area contributed by atoms with Crippen LogP contribution in [0, 0.1) is 29.6 Å². The molecule has 0 amide bonds. The van der Waals surface area contributed by atoms with Crippen LogP contribution in [-0.2, 0) is 9.47 Å². The molecule has 4 aliphatic rings. The Labute approximate surface area is 236 Å². The minimum absolute atomic E-state index is 0.0474. The highest BCUT2D eigenvalue weighted by molar-refractivity contribution is 5.35. The van der Waals surface area contributed by atoms with Crippen molar-refractivity contribution in [3.63, 3.8) is 0 Å². The van der Waals surface area contributed by atoms with Crippen molar-refractivity contribution in [1.82, 2.24) is 0 Å². The minimum atomic E-state index is -4.83. The van der Waals surface area contributed by atoms with Crippen LogP contribution in [0.1, 0.15) is 117 Å². The smallest absolute Gasteiger partial charge is 0.402 e. The molecule has 3 aliphatic carbocycles. The number of ether oxygens (including phenoxy) is 2. The number of unbranched alkanes of at least 4 members (excludes halogenated alkanes) is 2. The number of hydrogen-bond donors (Lipinski definition) is 0. The van der Waals surface area contributed by atoms with Crippen LogP contribution >= 0.6 is 0 Å². The van der Waals surface area contributed by atoms with E-state index >= 15 is 0 Å². The van der Waals surface area contributed by atoms with Crippen LogP contribution in [0.2, 0.25) is 0 Å². The van der Waals surface area contributed by atoms with Crippen molar-refractivity contribution >= 4 is 0 Å². The predicted octanol–water partition coefficient (Wildman–Crippen LogP) is 10.5. The SMILES string of the molecule is CCCCCC1CCC(C2CCC(C3CCC(C(F)(F)OC4=CC=C(CCC)C(F)(F)C4(F)F)CO3)CC2)CC1. The molecule has 230 valence electrons. The number of alkyl halides is 6. The van der Waals surface area contributed by atoms with Gasteiger partial charge in [0.05, 0.1) is 18.6 Å². The van der Waals surface area contributed by atoms with E-state index in [1.54, 1.807) is 6.92 Å². The number of halogens is 6. The molecule has 0 N–H and O–H groups in total. The van der Waals surface area contributed by atoms with Gasteiger partial charge >= 0.3 is 18.0 Å². The van der Waals surface area contributed by atoms with Crippen molar-refractivity contribution in [1.29, 1.82) is 0 Å². The fraction of sp³-hybridized carbons (Fsp3) is 0.875. The Morgan fingerprint density at radius 2 is 1.40 bits per heavy atom. The summed E-state index contributed by atoms with van der Waals surface area (Å²) in [4.78, 5) is 0. The molecule has 3 fully saturated rings. The monoisotopic (exact) mass is 578 g/mol. The van der Waals surface area contributed by atoms with Gasteiger partial charge in [-0.15, -0.1) is 0 Å². The highest BCUT2D eigenvalue weighted by atomic mass is 19.3. The van der Waals surface area contributed by atoms with E-state index in [1.807, 2.05) is 0 Å². The highest BCUT2D eigenvalue weighted by Crippen LogP contribution is 2.51. The number of rotatable bonds is 11. The predicted molar refractivity (Wildman–Crippen MR) is 145 cm³/mol. The topological polar surface area (TPSA) is 18.5 Å². The van der Waals surface area contributed by atoms with E-state index in [1.165, 1.54) is 51.4 Å². The fourth-order valence-corrected chi connectivity index (χ4v) is 7.61. The zero-order valence-corrected chi connectivity index (χ0v) is 24.2. The Balaban J connectivity index is 1.22. The molecule has 0 aromatic heterocycles. The van der Waals surface area contributed by atoms with Crippen molar-refractivity contribution in [2.75, 3.05) is 6.61 Å². The summed E-state index contributed by atoms with van der Waals surface area (Å²) in [6.07, 6.45) is 12.7. The molecule has 0 radical (unpaired) electrons. The second-order valence-electron chi connectivity index (χ2n) is 12.9. The molecule has 1 aliphatic heterocycles. The molecular formula is C32H48F6O2. The zero-order valence-electron chi connectivity index (χ0n) is 24.2. The molecule has 0 aromatic carbocycles. The van der Waals surface area contributed by atoms with Gasteiger partial charge in [-0.1, -0.05) is 64.9 Å². The zero-order chi connectivity index (χ0) is 29.0. The number of allylic oxidation sites excluding steroid dienone is 4. The molecule has 0 spiro atoms. The van der Waals surface area contributed by atoms with Crippen LogP contribution < -0.4 is 0 Å². The van der Waals surface area contributed by atoms with Crippen molar-refractivity contribution in [3.05, 3.63) is 23.5 Å². The van der Waals surface area contributed by atoms with Crippen LogP contribution in [0.3, 0.4) is 0 Å². The highest BCUT2D eigenvalue weighted by Gasteiger charge is 2.65. The summed E-state index contributed by atoms with van der Waals surface area (Å²) in [6.45, 7) is 3.51. The lowest BCUT2D eigenvalue weighted by Gasteiger charge is -2.42. The third kappa shape index (κ3) is 7.06. The van der Waals surface area contributed by atoms with Gasteiger partial charge in [-0.05, 0) is 87.5 Å². The summed E-state index contributed by atoms with van der Waals surface area (Å²) in [6, 6.07) is 0. The maximum absolute atomic E-state index is 14.9. The summed E-state index contributed by atoms with van der Waals surface area (Å²) >= 11 is 0. The van der Waals surface area contributed by atoms with Gasteiger partial charge in [0.1, 0.15) is 0 Å².